The molecular formula is C14H27NO. The van der Waals surface area contributed by atoms with Crippen molar-refractivity contribution in [3.63, 3.8) is 0 Å². The minimum atomic E-state index is 0.368. The second-order valence-corrected chi connectivity index (χ2v) is 5.64. The van der Waals surface area contributed by atoms with Crippen LogP contribution in [0.5, 0.6) is 0 Å². The van der Waals surface area contributed by atoms with E-state index in [0.717, 1.165) is 18.4 Å². The summed E-state index contributed by atoms with van der Waals surface area (Å²) in [4.78, 5) is 2.69. The van der Waals surface area contributed by atoms with Crippen molar-refractivity contribution in [1.29, 1.82) is 0 Å². The third kappa shape index (κ3) is 3.46. The highest BCUT2D eigenvalue weighted by Crippen LogP contribution is 2.29. The van der Waals surface area contributed by atoms with E-state index in [0.29, 0.717) is 6.61 Å². The molecule has 0 unspecified atom stereocenters. The molecule has 1 aliphatic heterocycles. The van der Waals surface area contributed by atoms with Crippen LogP contribution >= 0.6 is 0 Å². The minimum absolute atomic E-state index is 0.368. The molecule has 1 saturated carbocycles. The van der Waals surface area contributed by atoms with Gasteiger partial charge in [0.1, 0.15) is 0 Å². The van der Waals surface area contributed by atoms with E-state index in [1.54, 1.807) is 0 Å². The molecule has 0 bridgehead atoms. The van der Waals surface area contributed by atoms with Gasteiger partial charge in [-0.15, -0.1) is 0 Å². The zero-order valence-electron chi connectivity index (χ0n) is 10.5. The molecule has 1 heterocycles. The van der Waals surface area contributed by atoms with Crippen LogP contribution in [0.25, 0.3) is 0 Å². The molecule has 0 radical (unpaired) electrons. The van der Waals surface area contributed by atoms with Gasteiger partial charge >= 0.3 is 0 Å². The van der Waals surface area contributed by atoms with Crippen molar-refractivity contribution in [1.82, 2.24) is 4.90 Å². The highest BCUT2D eigenvalue weighted by atomic mass is 16.2. The van der Waals surface area contributed by atoms with E-state index < -0.39 is 0 Å². The zero-order valence-corrected chi connectivity index (χ0v) is 10.5. The third-order valence-corrected chi connectivity index (χ3v) is 4.49. The number of aliphatic hydroxyl groups is 1. The van der Waals surface area contributed by atoms with Gasteiger partial charge in [-0.3, -0.25) is 0 Å². The smallest absolute Gasteiger partial charge is 0.0431 e. The summed E-state index contributed by atoms with van der Waals surface area (Å²) < 4.78 is 0. The Balaban J connectivity index is 1.66. The molecule has 0 aromatic heterocycles. The summed E-state index contributed by atoms with van der Waals surface area (Å²) in [7, 11) is 0. The number of aliphatic hydroxyl groups excluding tert-OH is 1. The zero-order chi connectivity index (χ0) is 11.2. The first kappa shape index (κ1) is 12.4. The monoisotopic (exact) mass is 225 g/mol. The Bertz CT molecular complexity index is 189. The highest BCUT2D eigenvalue weighted by Gasteiger charge is 2.24. The molecule has 1 saturated heterocycles. The van der Waals surface area contributed by atoms with Crippen molar-refractivity contribution < 1.29 is 5.11 Å². The maximum absolute atomic E-state index is 8.90. The van der Waals surface area contributed by atoms with E-state index in [-0.39, 0.29) is 0 Å². The van der Waals surface area contributed by atoms with Crippen LogP contribution in [0.3, 0.4) is 0 Å². The Morgan fingerprint density at radius 3 is 2.56 bits per heavy atom. The first-order chi connectivity index (χ1) is 7.90. The molecule has 2 fully saturated rings. The van der Waals surface area contributed by atoms with Gasteiger partial charge in [0, 0.05) is 12.6 Å². The fourth-order valence-corrected chi connectivity index (χ4v) is 3.49. The van der Waals surface area contributed by atoms with Crippen molar-refractivity contribution in [3.05, 3.63) is 0 Å². The van der Waals surface area contributed by atoms with Gasteiger partial charge < -0.3 is 10.0 Å². The summed E-state index contributed by atoms with van der Waals surface area (Å²) in [6.45, 7) is 3.00. The Morgan fingerprint density at radius 2 is 1.81 bits per heavy atom. The first-order valence-corrected chi connectivity index (χ1v) is 7.25. The van der Waals surface area contributed by atoms with E-state index in [1.807, 2.05) is 0 Å². The topological polar surface area (TPSA) is 23.5 Å². The Hall–Kier alpha value is -0.0800. The molecular weight excluding hydrogens is 198 g/mol. The van der Waals surface area contributed by atoms with Crippen LogP contribution < -0.4 is 0 Å². The molecule has 1 aliphatic carbocycles. The summed E-state index contributed by atoms with van der Waals surface area (Å²) in [5.74, 6) is 1.03. The average Bonchev–Trinajstić information content (AvgIpc) is 2.94. The van der Waals surface area contributed by atoms with Gasteiger partial charge in [0.05, 0.1) is 0 Å². The quantitative estimate of drug-likeness (QED) is 0.751. The molecule has 0 aromatic rings. The van der Waals surface area contributed by atoms with Gasteiger partial charge in [-0.2, -0.15) is 0 Å². The predicted octanol–water partition coefficient (Wildman–Crippen LogP) is 2.80. The lowest BCUT2D eigenvalue weighted by Gasteiger charge is -2.25. The van der Waals surface area contributed by atoms with Crippen molar-refractivity contribution in [2.45, 2.75) is 63.8 Å². The first-order valence-electron chi connectivity index (χ1n) is 7.25. The van der Waals surface area contributed by atoms with Gasteiger partial charge in [0.25, 0.3) is 0 Å². The van der Waals surface area contributed by atoms with Gasteiger partial charge in [0.15, 0.2) is 0 Å². The van der Waals surface area contributed by atoms with E-state index >= 15 is 0 Å². The lowest BCUT2D eigenvalue weighted by molar-refractivity contribution is 0.205. The second kappa shape index (κ2) is 6.61. The summed E-state index contributed by atoms with van der Waals surface area (Å²) in [6, 6.07) is 0.786. The molecule has 0 spiro atoms. The normalized spacial score (nSPS) is 27.9. The van der Waals surface area contributed by atoms with Crippen LogP contribution in [-0.2, 0) is 0 Å². The Kier molecular flexibility index (Phi) is 5.11. The molecule has 2 nitrogen and oxygen atoms in total. The van der Waals surface area contributed by atoms with E-state index in [9.17, 15) is 0 Å². The standard InChI is InChI=1S/C14H27NO/c16-12-4-8-14-7-3-10-15(14)11-9-13-5-1-2-6-13/h13-14,16H,1-12H2/t14-/m1/s1. The number of hydrogen-bond donors (Lipinski definition) is 1. The van der Waals surface area contributed by atoms with Crippen molar-refractivity contribution in [2.75, 3.05) is 19.7 Å². The lowest BCUT2D eigenvalue weighted by Crippen LogP contribution is -2.31. The fourth-order valence-electron chi connectivity index (χ4n) is 3.49. The number of rotatable bonds is 6. The highest BCUT2D eigenvalue weighted by molar-refractivity contribution is 4.80. The van der Waals surface area contributed by atoms with Crippen LogP contribution in [0.4, 0.5) is 0 Å². The van der Waals surface area contributed by atoms with Gasteiger partial charge in [-0.1, -0.05) is 25.7 Å². The summed E-state index contributed by atoms with van der Waals surface area (Å²) in [5.41, 5.74) is 0. The van der Waals surface area contributed by atoms with Crippen molar-refractivity contribution in [3.8, 4) is 0 Å². The number of hydrogen-bond acceptors (Lipinski definition) is 2. The predicted molar refractivity (Wildman–Crippen MR) is 67.5 cm³/mol. The van der Waals surface area contributed by atoms with E-state index in [1.165, 1.54) is 64.5 Å². The fraction of sp³-hybridized carbons (Fsp3) is 1.00. The molecule has 94 valence electrons. The molecule has 1 atom stereocenters. The van der Waals surface area contributed by atoms with E-state index in [2.05, 4.69) is 4.90 Å². The van der Waals surface area contributed by atoms with Crippen LogP contribution in [0.15, 0.2) is 0 Å². The molecule has 16 heavy (non-hydrogen) atoms. The van der Waals surface area contributed by atoms with Crippen LogP contribution in [0.2, 0.25) is 0 Å². The average molecular weight is 225 g/mol. The largest absolute Gasteiger partial charge is 0.396 e. The Morgan fingerprint density at radius 1 is 1.00 bits per heavy atom. The molecule has 2 heteroatoms. The molecule has 0 aromatic carbocycles. The number of nitrogens with zero attached hydrogens (tertiary/aromatic N) is 1. The van der Waals surface area contributed by atoms with Gasteiger partial charge in [-0.05, 0) is 51.1 Å². The van der Waals surface area contributed by atoms with Gasteiger partial charge in [0.2, 0.25) is 0 Å². The molecule has 2 aliphatic rings. The Labute approximate surface area is 100 Å². The lowest BCUT2D eigenvalue weighted by atomic mass is 10.0. The maximum atomic E-state index is 8.90. The molecule has 0 amide bonds. The van der Waals surface area contributed by atoms with Crippen molar-refractivity contribution >= 4 is 0 Å². The van der Waals surface area contributed by atoms with E-state index in [4.69, 9.17) is 5.11 Å². The second-order valence-electron chi connectivity index (χ2n) is 5.64. The van der Waals surface area contributed by atoms with Crippen LogP contribution in [0.1, 0.15) is 57.8 Å². The maximum Gasteiger partial charge on any atom is 0.0431 e. The molecule has 2 rings (SSSR count). The van der Waals surface area contributed by atoms with Gasteiger partial charge in [-0.25, -0.2) is 0 Å². The summed E-state index contributed by atoms with van der Waals surface area (Å²) >= 11 is 0. The molecule has 1 N–H and O–H groups in total. The van der Waals surface area contributed by atoms with Crippen molar-refractivity contribution in [2.24, 2.45) is 5.92 Å². The number of likely N-dealkylation sites (tertiary alicyclic amines) is 1. The summed E-state index contributed by atoms with van der Waals surface area (Å²) in [5, 5.41) is 8.90. The minimum Gasteiger partial charge on any atom is -0.396 e. The van der Waals surface area contributed by atoms with Crippen LogP contribution in [0, 0.1) is 5.92 Å². The SMILES string of the molecule is OCCC[C@H]1CCCN1CCC1CCCC1. The third-order valence-electron chi connectivity index (χ3n) is 4.49. The van der Waals surface area contributed by atoms with Crippen LogP contribution in [-0.4, -0.2) is 35.7 Å². The summed E-state index contributed by atoms with van der Waals surface area (Å²) in [6.07, 6.45) is 12.3.